The molecule has 0 spiro atoms. The van der Waals surface area contributed by atoms with E-state index in [1.54, 1.807) is 4.90 Å². The molecule has 1 atom stereocenters. The summed E-state index contributed by atoms with van der Waals surface area (Å²) in [6.07, 6.45) is -0.542. The summed E-state index contributed by atoms with van der Waals surface area (Å²) in [7, 11) is 0. The number of nitrogens with two attached hydrogens (primary N) is 1. The number of rotatable bonds is 6. The topological polar surface area (TPSA) is 75.8 Å². The fraction of sp³-hybridized carbons (Fsp3) is 0.381. The number of benzene rings is 2. The van der Waals surface area contributed by atoms with Crippen molar-refractivity contribution >= 4 is 11.8 Å². The summed E-state index contributed by atoms with van der Waals surface area (Å²) in [5.41, 5.74) is 7.67. The van der Waals surface area contributed by atoms with Crippen LogP contribution in [0.15, 0.2) is 54.6 Å². The molecule has 1 amide bonds. The lowest BCUT2D eigenvalue weighted by Crippen LogP contribution is -2.40. The number of carbonyl (C=O) groups excluding carboxylic acids is 1. The summed E-state index contributed by atoms with van der Waals surface area (Å²) in [5.74, 6) is 0. The minimum absolute atomic E-state index is 0.175. The van der Waals surface area contributed by atoms with Crippen LogP contribution in [-0.4, -0.2) is 34.8 Å². The van der Waals surface area contributed by atoms with Crippen LogP contribution in [0.1, 0.15) is 38.0 Å². The number of hydrogen-bond donors (Lipinski definition) is 2. The van der Waals surface area contributed by atoms with Gasteiger partial charge in [0.15, 0.2) is 0 Å². The Morgan fingerprint density at radius 1 is 1.12 bits per heavy atom. The van der Waals surface area contributed by atoms with Gasteiger partial charge in [-0.25, -0.2) is 4.79 Å². The summed E-state index contributed by atoms with van der Waals surface area (Å²) in [6, 6.07) is 16.9. The van der Waals surface area contributed by atoms with E-state index in [1.165, 1.54) is 0 Å². The molecule has 0 saturated heterocycles. The Kier molecular flexibility index (Phi) is 6.64. The second kappa shape index (κ2) is 8.72. The Morgan fingerprint density at radius 2 is 1.73 bits per heavy atom. The molecular weight excluding hydrogens is 328 g/mol. The van der Waals surface area contributed by atoms with Gasteiger partial charge in [-0.15, -0.1) is 0 Å². The highest BCUT2D eigenvalue weighted by molar-refractivity contribution is 5.68. The first-order chi connectivity index (χ1) is 12.2. The van der Waals surface area contributed by atoms with E-state index in [4.69, 9.17) is 10.5 Å². The van der Waals surface area contributed by atoms with Gasteiger partial charge in [0.25, 0.3) is 0 Å². The molecule has 2 rings (SSSR count). The van der Waals surface area contributed by atoms with Crippen LogP contribution in [-0.2, 0) is 11.2 Å². The van der Waals surface area contributed by atoms with E-state index in [0.29, 0.717) is 18.7 Å². The smallest absolute Gasteiger partial charge is 0.410 e. The quantitative estimate of drug-likeness (QED) is 0.772. The molecule has 0 aliphatic heterocycles. The summed E-state index contributed by atoms with van der Waals surface area (Å²) < 4.78 is 5.50. The SMILES string of the molecule is CC(C)(C)OC(=O)N(CCc1ccc(N)cc1)C[C@@H](O)c1ccccc1. The normalized spacial score (nSPS) is 12.5. The van der Waals surface area contributed by atoms with Crippen LogP contribution in [0, 0.1) is 0 Å². The predicted octanol–water partition coefficient (Wildman–Crippen LogP) is 3.78. The minimum Gasteiger partial charge on any atom is -0.444 e. The van der Waals surface area contributed by atoms with Crippen LogP contribution in [0.4, 0.5) is 10.5 Å². The van der Waals surface area contributed by atoms with Crippen LogP contribution in [0.5, 0.6) is 0 Å². The molecule has 3 N–H and O–H groups in total. The van der Waals surface area contributed by atoms with E-state index < -0.39 is 17.8 Å². The number of hydrogen-bond acceptors (Lipinski definition) is 4. The van der Waals surface area contributed by atoms with Gasteiger partial charge in [0.2, 0.25) is 0 Å². The number of carbonyl (C=O) groups is 1. The molecule has 0 bridgehead atoms. The molecule has 0 aliphatic carbocycles. The fourth-order valence-corrected chi connectivity index (χ4v) is 2.52. The number of ether oxygens (including phenoxy) is 1. The number of nitrogens with zero attached hydrogens (tertiary/aromatic N) is 1. The summed E-state index contributed by atoms with van der Waals surface area (Å²) in [5, 5.41) is 10.5. The van der Waals surface area contributed by atoms with Crippen LogP contribution < -0.4 is 5.73 Å². The lowest BCUT2D eigenvalue weighted by atomic mass is 10.1. The third-order valence-corrected chi connectivity index (χ3v) is 3.88. The van der Waals surface area contributed by atoms with Gasteiger partial charge < -0.3 is 20.5 Å². The van der Waals surface area contributed by atoms with Gasteiger partial charge in [0.1, 0.15) is 5.60 Å². The summed E-state index contributed by atoms with van der Waals surface area (Å²) in [4.78, 5) is 14.1. The van der Waals surface area contributed by atoms with E-state index in [1.807, 2.05) is 75.4 Å². The molecule has 0 saturated carbocycles. The highest BCUT2D eigenvalue weighted by Crippen LogP contribution is 2.17. The molecule has 5 heteroatoms. The third kappa shape index (κ3) is 6.41. The first-order valence-electron chi connectivity index (χ1n) is 8.80. The number of aliphatic hydroxyl groups excluding tert-OH is 1. The van der Waals surface area contributed by atoms with Crippen molar-refractivity contribution in [3.8, 4) is 0 Å². The Morgan fingerprint density at radius 3 is 2.31 bits per heavy atom. The molecular formula is C21H28N2O3. The molecule has 0 aromatic heterocycles. The van der Waals surface area contributed by atoms with Gasteiger partial charge >= 0.3 is 6.09 Å². The maximum atomic E-state index is 12.6. The van der Waals surface area contributed by atoms with E-state index in [9.17, 15) is 9.90 Å². The zero-order chi connectivity index (χ0) is 19.2. The molecule has 0 unspecified atom stereocenters. The molecule has 2 aromatic carbocycles. The van der Waals surface area contributed by atoms with Crippen molar-refractivity contribution in [1.82, 2.24) is 4.90 Å². The average Bonchev–Trinajstić information content (AvgIpc) is 2.59. The molecule has 26 heavy (non-hydrogen) atoms. The first-order valence-corrected chi connectivity index (χ1v) is 8.80. The zero-order valence-corrected chi connectivity index (χ0v) is 15.7. The van der Waals surface area contributed by atoms with Crippen LogP contribution in [0.2, 0.25) is 0 Å². The van der Waals surface area contributed by atoms with Crippen molar-refractivity contribution in [2.24, 2.45) is 0 Å². The van der Waals surface area contributed by atoms with Crippen LogP contribution >= 0.6 is 0 Å². The average molecular weight is 356 g/mol. The van der Waals surface area contributed by atoms with Gasteiger partial charge in [-0.3, -0.25) is 0 Å². The van der Waals surface area contributed by atoms with Crippen molar-refractivity contribution in [1.29, 1.82) is 0 Å². The summed E-state index contributed by atoms with van der Waals surface area (Å²) in [6.45, 7) is 6.11. The van der Waals surface area contributed by atoms with Gasteiger partial charge in [-0.05, 0) is 50.5 Å². The third-order valence-electron chi connectivity index (χ3n) is 3.88. The maximum Gasteiger partial charge on any atom is 0.410 e. The van der Waals surface area contributed by atoms with Gasteiger partial charge in [0.05, 0.1) is 12.6 Å². The van der Waals surface area contributed by atoms with Crippen LogP contribution in [0.25, 0.3) is 0 Å². The lowest BCUT2D eigenvalue weighted by molar-refractivity contribution is 0.0147. The van der Waals surface area contributed by atoms with E-state index in [-0.39, 0.29) is 6.54 Å². The van der Waals surface area contributed by atoms with Gasteiger partial charge in [-0.2, -0.15) is 0 Å². The second-order valence-corrected chi connectivity index (χ2v) is 7.34. The van der Waals surface area contributed by atoms with Crippen LogP contribution in [0.3, 0.4) is 0 Å². The van der Waals surface area contributed by atoms with E-state index in [0.717, 1.165) is 11.1 Å². The zero-order valence-electron chi connectivity index (χ0n) is 15.7. The number of amides is 1. The fourth-order valence-electron chi connectivity index (χ4n) is 2.52. The molecule has 0 aliphatic rings. The number of nitrogen functional groups attached to an aromatic ring is 1. The largest absolute Gasteiger partial charge is 0.444 e. The molecule has 0 heterocycles. The Balaban J connectivity index is 2.07. The van der Waals surface area contributed by atoms with E-state index >= 15 is 0 Å². The number of anilines is 1. The van der Waals surface area contributed by atoms with Crippen molar-refractivity contribution in [3.05, 3.63) is 65.7 Å². The van der Waals surface area contributed by atoms with Crippen molar-refractivity contribution < 1.29 is 14.6 Å². The lowest BCUT2D eigenvalue weighted by Gasteiger charge is -2.29. The van der Waals surface area contributed by atoms with Gasteiger partial charge in [0, 0.05) is 12.2 Å². The highest BCUT2D eigenvalue weighted by Gasteiger charge is 2.24. The van der Waals surface area contributed by atoms with Gasteiger partial charge in [-0.1, -0.05) is 42.5 Å². The second-order valence-electron chi connectivity index (χ2n) is 7.34. The molecule has 0 fully saturated rings. The summed E-state index contributed by atoms with van der Waals surface area (Å²) >= 11 is 0. The molecule has 0 radical (unpaired) electrons. The maximum absolute atomic E-state index is 12.6. The molecule has 140 valence electrons. The first kappa shape index (κ1) is 19.8. The monoisotopic (exact) mass is 356 g/mol. The highest BCUT2D eigenvalue weighted by atomic mass is 16.6. The van der Waals surface area contributed by atoms with E-state index in [2.05, 4.69) is 0 Å². The number of aliphatic hydroxyl groups is 1. The van der Waals surface area contributed by atoms with Crippen molar-refractivity contribution in [2.75, 3.05) is 18.8 Å². The Bertz CT molecular complexity index is 693. The Labute approximate surface area is 155 Å². The minimum atomic E-state index is -0.768. The Hall–Kier alpha value is -2.53. The molecule has 2 aromatic rings. The standard InChI is InChI=1S/C21H28N2O3/c1-21(2,3)26-20(25)23(14-13-16-9-11-18(22)12-10-16)15-19(24)17-7-5-4-6-8-17/h4-12,19,24H,13-15,22H2,1-3H3/t19-/m1/s1. The molecule has 5 nitrogen and oxygen atoms in total. The van der Waals surface area contributed by atoms with Crippen molar-refractivity contribution in [3.63, 3.8) is 0 Å². The van der Waals surface area contributed by atoms with Crippen molar-refractivity contribution in [2.45, 2.75) is 38.9 Å². The predicted molar refractivity (Wildman–Crippen MR) is 104 cm³/mol.